The van der Waals surface area contributed by atoms with Crippen LogP contribution in [0, 0.1) is 0 Å². The molecule has 0 unspecified atom stereocenters. The number of aromatic nitrogens is 2. The molecule has 0 saturated carbocycles. The summed E-state index contributed by atoms with van der Waals surface area (Å²) in [6, 6.07) is 8.76. The van der Waals surface area contributed by atoms with E-state index in [1.807, 2.05) is 24.4 Å². The SMILES string of the molecule is COCCN1C(=S)N[C@H](c2ccccn2)[C@@H]1c1ccn(C(C)C)c1. The van der Waals surface area contributed by atoms with Crippen LogP contribution in [0.4, 0.5) is 0 Å². The summed E-state index contributed by atoms with van der Waals surface area (Å²) >= 11 is 5.59. The van der Waals surface area contributed by atoms with Crippen molar-refractivity contribution in [1.29, 1.82) is 0 Å². The Balaban J connectivity index is 1.96. The van der Waals surface area contributed by atoms with Gasteiger partial charge in [0.1, 0.15) is 0 Å². The van der Waals surface area contributed by atoms with Gasteiger partial charge in [0.25, 0.3) is 0 Å². The van der Waals surface area contributed by atoms with Crippen molar-refractivity contribution in [2.24, 2.45) is 0 Å². The summed E-state index contributed by atoms with van der Waals surface area (Å²) in [7, 11) is 1.72. The van der Waals surface area contributed by atoms with Crippen molar-refractivity contribution in [3.63, 3.8) is 0 Å². The topological polar surface area (TPSA) is 42.3 Å². The van der Waals surface area contributed by atoms with Gasteiger partial charge in [0, 0.05) is 38.3 Å². The Hall–Kier alpha value is -1.92. The predicted octanol–water partition coefficient (Wildman–Crippen LogP) is 3.08. The lowest BCUT2D eigenvalue weighted by Gasteiger charge is -2.27. The summed E-state index contributed by atoms with van der Waals surface area (Å²) in [4.78, 5) is 6.75. The van der Waals surface area contributed by atoms with Gasteiger partial charge in [-0.25, -0.2) is 0 Å². The van der Waals surface area contributed by atoms with Crippen LogP contribution >= 0.6 is 12.2 Å². The highest BCUT2D eigenvalue weighted by Gasteiger charge is 2.39. The van der Waals surface area contributed by atoms with Crippen LogP contribution in [0.2, 0.25) is 0 Å². The molecule has 5 nitrogen and oxygen atoms in total. The van der Waals surface area contributed by atoms with Crippen molar-refractivity contribution in [3.05, 3.63) is 54.1 Å². The molecule has 1 aliphatic heterocycles. The van der Waals surface area contributed by atoms with Crippen molar-refractivity contribution >= 4 is 17.3 Å². The van der Waals surface area contributed by atoms with Crippen LogP contribution < -0.4 is 5.32 Å². The van der Waals surface area contributed by atoms with E-state index in [9.17, 15) is 0 Å². The van der Waals surface area contributed by atoms with Crippen molar-refractivity contribution in [2.75, 3.05) is 20.3 Å². The van der Waals surface area contributed by atoms with E-state index >= 15 is 0 Å². The maximum atomic E-state index is 5.59. The van der Waals surface area contributed by atoms with E-state index < -0.39 is 0 Å². The average Bonchev–Trinajstić information content (AvgIpc) is 3.18. The van der Waals surface area contributed by atoms with Gasteiger partial charge in [-0.2, -0.15) is 0 Å². The Kier molecular flexibility index (Phi) is 5.16. The fourth-order valence-electron chi connectivity index (χ4n) is 3.13. The molecule has 0 spiro atoms. The van der Waals surface area contributed by atoms with E-state index in [1.54, 1.807) is 7.11 Å². The molecule has 1 fully saturated rings. The fourth-order valence-corrected chi connectivity index (χ4v) is 3.46. The summed E-state index contributed by atoms with van der Waals surface area (Å²) in [5, 5.41) is 4.20. The van der Waals surface area contributed by atoms with Gasteiger partial charge < -0.3 is 19.5 Å². The number of nitrogens with one attached hydrogen (secondary N) is 1. The monoisotopic (exact) mass is 344 g/mol. The second-order valence-corrected chi connectivity index (χ2v) is 6.69. The zero-order valence-corrected chi connectivity index (χ0v) is 15.2. The van der Waals surface area contributed by atoms with Gasteiger partial charge in [-0.3, -0.25) is 4.98 Å². The number of methoxy groups -OCH3 is 1. The third kappa shape index (κ3) is 3.30. The normalized spacial score (nSPS) is 20.7. The average molecular weight is 344 g/mol. The summed E-state index contributed by atoms with van der Waals surface area (Å²) in [5.41, 5.74) is 2.24. The third-order valence-corrected chi connectivity index (χ3v) is 4.76. The van der Waals surface area contributed by atoms with Gasteiger partial charge in [0.05, 0.1) is 24.4 Å². The number of hydrogen-bond acceptors (Lipinski definition) is 3. The molecule has 6 heteroatoms. The summed E-state index contributed by atoms with van der Waals surface area (Å²) < 4.78 is 7.49. The first-order valence-corrected chi connectivity index (χ1v) is 8.67. The quantitative estimate of drug-likeness (QED) is 0.816. The number of nitrogens with zero attached hydrogens (tertiary/aromatic N) is 3. The van der Waals surface area contributed by atoms with E-state index in [2.05, 4.69) is 52.1 Å². The molecule has 0 aromatic carbocycles. The highest BCUT2D eigenvalue weighted by molar-refractivity contribution is 7.80. The Labute approximate surface area is 148 Å². The van der Waals surface area contributed by atoms with Gasteiger partial charge in [-0.1, -0.05) is 6.07 Å². The zero-order valence-electron chi connectivity index (χ0n) is 14.3. The number of hydrogen-bond donors (Lipinski definition) is 1. The second-order valence-electron chi connectivity index (χ2n) is 6.30. The fraction of sp³-hybridized carbons (Fsp3) is 0.444. The summed E-state index contributed by atoms with van der Waals surface area (Å²) in [5.74, 6) is 0. The third-order valence-electron chi connectivity index (χ3n) is 4.41. The Bertz CT molecular complexity index is 685. The predicted molar refractivity (Wildman–Crippen MR) is 98.9 cm³/mol. The molecule has 1 aliphatic rings. The highest BCUT2D eigenvalue weighted by Crippen LogP contribution is 2.38. The van der Waals surface area contributed by atoms with Gasteiger partial charge in [0.2, 0.25) is 0 Å². The Morgan fingerprint density at radius 3 is 2.79 bits per heavy atom. The van der Waals surface area contributed by atoms with Crippen LogP contribution in [0.5, 0.6) is 0 Å². The van der Waals surface area contributed by atoms with Gasteiger partial charge in [-0.15, -0.1) is 0 Å². The van der Waals surface area contributed by atoms with Crippen LogP contribution in [0.25, 0.3) is 0 Å². The van der Waals surface area contributed by atoms with Crippen LogP contribution in [0.15, 0.2) is 42.9 Å². The van der Waals surface area contributed by atoms with Crippen LogP contribution in [0.3, 0.4) is 0 Å². The van der Waals surface area contributed by atoms with Gasteiger partial charge in [0.15, 0.2) is 5.11 Å². The number of rotatable bonds is 6. The summed E-state index contributed by atoms with van der Waals surface area (Å²) in [6.07, 6.45) is 6.17. The zero-order chi connectivity index (χ0) is 17.1. The molecule has 24 heavy (non-hydrogen) atoms. The minimum Gasteiger partial charge on any atom is -0.383 e. The van der Waals surface area contributed by atoms with Crippen LogP contribution in [-0.4, -0.2) is 39.8 Å². The summed E-state index contributed by atoms with van der Waals surface area (Å²) in [6.45, 7) is 5.75. The minimum atomic E-state index is 0.0403. The number of pyridine rings is 1. The molecule has 0 amide bonds. The molecule has 3 rings (SSSR count). The molecule has 2 aromatic rings. The number of thiocarbonyl (C=S) groups is 1. The molecule has 0 bridgehead atoms. The van der Waals surface area contributed by atoms with E-state index in [1.165, 1.54) is 5.56 Å². The molecule has 1 N–H and O–H groups in total. The Morgan fingerprint density at radius 2 is 2.17 bits per heavy atom. The Morgan fingerprint density at radius 1 is 1.33 bits per heavy atom. The molecule has 2 atom stereocenters. The molecular weight excluding hydrogens is 320 g/mol. The molecule has 0 radical (unpaired) electrons. The molecule has 2 aromatic heterocycles. The van der Waals surface area contributed by atoms with Crippen LogP contribution in [-0.2, 0) is 4.74 Å². The van der Waals surface area contributed by atoms with Crippen molar-refractivity contribution in [2.45, 2.75) is 32.0 Å². The first-order valence-electron chi connectivity index (χ1n) is 8.26. The highest BCUT2D eigenvalue weighted by atomic mass is 32.1. The number of ether oxygens (including phenoxy) is 1. The van der Waals surface area contributed by atoms with E-state index in [0.29, 0.717) is 12.6 Å². The molecule has 0 aliphatic carbocycles. The lowest BCUT2D eigenvalue weighted by Crippen LogP contribution is -2.32. The van der Waals surface area contributed by atoms with Gasteiger partial charge >= 0.3 is 0 Å². The largest absolute Gasteiger partial charge is 0.383 e. The van der Waals surface area contributed by atoms with Crippen molar-refractivity contribution < 1.29 is 4.74 Å². The molecule has 128 valence electrons. The van der Waals surface area contributed by atoms with Crippen molar-refractivity contribution in [3.8, 4) is 0 Å². The second kappa shape index (κ2) is 7.32. The van der Waals surface area contributed by atoms with Crippen LogP contribution in [0.1, 0.15) is 43.2 Å². The maximum Gasteiger partial charge on any atom is 0.170 e. The van der Waals surface area contributed by atoms with E-state index in [0.717, 1.165) is 17.4 Å². The minimum absolute atomic E-state index is 0.0403. The first kappa shape index (κ1) is 16.9. The van der Waals surface area contributed by atoms with Crippen molar-refractivity contribution in [1.82, 2.24) is 19.8 Å². The first-order chi connectivity index (χ1) is 11.6. The smallest absolute Gasteiger partial charge is 0.170 e. The standard InChI is InChI=1S/C18H24N4OS/c1-13(2)21-9-7-14(12-21)17-16(15-6-4-5-8-19-15)20-18(24)22(17)10-11-23-3/h4-9,12-13,16-17H,10-11H2,1-3H3,(H,20,24)/t16-,17+/m1/s1. The lowest BCUT2D eigenvalue weighted by atomic mass is 9.99. The molecule has 1 saturated heterocycles. The maximum absolute atomic E-state index is 5.59. The molecule has 3 heterocycles. The van der Waals surface area contributed by atoms with Gasteiger partial charge in [-0.05, 0) is 49.8 Å². The lowest BCUT2D eigenvalue weighted by molar-refractivity contribution is 0.164. The van der Waals surface area contributed by atoms with E-state index in [-0.39, 0.29) is 12.1 Å². The molecular formula is C18H24N4OS. The van der Waals surface area contributed by atoms with E-state index in [4.69, 9.17) is 17.0 Å².